The number of carboxylic acid groups (broad SMARTS) is 1. The number of likely N-dealkylation sites (tertiary alicyclic amines) is 1. The molecule has 3 rings (SSSR count). The molecular formula is C19H20N2O5. The van der Waals surface area contributed by atoms with Gasteiger partial charge in [0.1, 0.15) is 12.6 Å². The van der Waals surface area contributed by atoms with E-state index in [4.69, 9.17) is 0 Å². The number of fused-ring (bicyclic) bond motifs is 1. The number of rotatable bonds is 5. The molecule has 1 saturated heterocycles. The van der Waals surface area contributed by atoms with Gasteiger partial charge in [-0.1, -0.05) is 18.2 Å². The van der Waals surface area contributed by atoms with Crippen LogP contribution in [0.3, 0.4) is 0 Å². The molecule has 2 heterocycles. The molecule has 2 atom stereocenters. The molecule has 1 fully saturated rings. The van der Waals surface area contributed by atoms with Crippen LogP contribution in [0.4, 0.5) is 0 Å². The number of nitrogens with zero attached hydrogens (tertiary/aromatic N) is 2. The highest BCUT2D eigenvalue weighted by Crippen LogP contribution is 2.30. The molecule has 0 unspecified atom stereocenters. The van der Waals surface area contributed by atoms with E-state index < -0.39 is 36.3 Å². The van der Waals surface area contributed by atoms with Gasteiger partial charge in [0.15, 0.2) is 0 Å². The van der Waals surface area contributed by atoms with E-state index in [1.165, 1.54) is 4.90 Å². The average Bonchev–Trinajstić information content (AvgIpc) is 2.77. The predicted molar refractivity (Wildman–Crippen MR) is 92.5 cm³/mol. The maximum absolute atomic E-state index is 13.1. The van der Waals surface area contributed by atoms with Crippen molar-refractivity contribution in [1.82, 2.24) is 9.80 Å². The van der Waals surface area contributed by atoms with Gasteiger partial charge < -0.3 is 10.0 Å². The summed E-state index contributed by atoms with van der Waals surface area (Å²) in [4.78, 5) is 52.0. The fraction of sp³-hybridized carbons (Fsp3) is 0.368. The molecule has 1 aromatic carbocycles. The third-order valence-corrected chi connectivity index (χ3v) is 4.91. The second-order valence-corrected chi connectivity index (χ2v) is 6.51. The van der Waals surface area contributed by atoms with Gasteiger partial charge in [-0.15, -0.1) is 6.58 Å². The number of hydrogen-bond acceptors (Lipinski definition) is 4. The number of imide groups is 1. The molecule has 7 nitrogen and oxygen atoms in total. The quantitative estimate of drug-likeness (QED) is 0.640. The van der Waals surface area contributed by atoms with Gasteiger partial charge in [0.2, 0.25) is 5.91 Å². The van der Waals surface area contributed by atoms with Crippen molar-refractivity contribution >= 4 is 23.7 Å². The van der Waals surface area contributed by atoms with Crippen molar-refractivity contribution in [2.45, 2.75) is 37.8 Å². The number of benzene rings is 1. The van der Waals surface area contributed by atoms with Crippen LogP contribution in [0.15, 0.2) is 36.9 Å². The standard InChI is InChI=1S/C19H20N2O5/c1-2-6-12-7-5-10-15(19(26)20(12)11-16(22)23)21-17(24)13-8-3-4-9-14(13)18(21)25/h2-4,8-9,12,15H,1,5-7,10-11H2,(H,22,23)/t12-,15-/m0/s1. The molecule has 0 spiro atoms. The van der Waals surface area contributed by atoms with E-state index in [-0.39, 0.29) is 17.2 Å². The summed E-state index contributed by atoms with van der Waals surface area (Å²) in [7, 11) is 0. The Morgan fingerprint density at radius 2 is 1.77 bits per heavy atom. The third-order valence-electron chi connectivity index (χ3n) is 4.91. The fourth-order valence-electron chi connectivity index (χ4n) is 3.72. The molecule has 136 valence electrons. The lowest BCUT2D eigenvalue weighted by Crippen LogP contribution is -2.53. The highest BCUT2D eigenvalue weighted by Gasteiger charge is 2.45. The van der Waals surface area contributed by atoms with E-state index in [0.717, 1.165) is 4.90 Å². The molecule has 0 aliphatic carbocycles. The van der Waals surface area contributed by atoms with Crippen LogP contribution in [0.1, 0.15) is 46.4 Å². The lowest BCUT2D eigenvalue weighted by molar-refractivity contribution is -0.147. The highest BCUT2D eigenvalue weighted by atomic mass is 16.4. The molecule has 1 N–H and O–H groups in total. The first-order valence-electron chi connectivity index (χ1n) is 8.55. The second-order valence-electron chi connectivity index (χ2n) is 6.51. The topological polar surface area (TPSA) is 95.0 Å². The van der Waals surface area contributed by atoms with Gasteiger partial charge in [0, 0.05) is 6.04 Å². The third kappa shape index (κ3) is 3.00. The van der Waals surface area contributed by atoms with Crippen LogP contribution in [0.25, 0.3) is 0 Å². The number of carbonyl (C=O) groups is 4. The monoisotopic (exact) mass is 356 g/mol. The van der Waals surface area contributed by atoms with Crippen molar-refractivity contribution in [1.29, 1.82) is 0 Å². The Labute approximate surface area is 150 Å². The van der Waals surface area contributed by atoms with Crippen molar-refractivity contribution in [2.75, 3.05) is 6.54 Å². The molecule has 2 aliphatic rings. The van der Waals surface area contributed by atoms with Crippen molar-refractivity contribution in [3.8, 4) is 0 Å². The van der Waals surface area contributed by atoms with Crippen LogP contribution in [-0.4, -0.2) is 57.2 Å². The van der Waals surface area contributed by atoms with Gasteiger partial charge in [-0.05, 0) is 37.8 Å². The largest absolute Gasteiger partial charge is 0.480 e. The van der Waals surface area contributed by atoms with Crippen LogP contribution in [-0.2, 0) is 9.59 Å². The predicted octanol–water partition coefficient (Wildman–Crippen LogP) is 1.69. The lowest BCUT2D eigenvalue weighted by Gasteiger charge is -2.32. The van der Waals surface area contributed by atoms with E-state index in [9.17, 15) is 24.3 Å². The molecule has 0 saturated carbocycles. The zero-order valence-electron chi connectivity index (χ0n) is 14.3. The van der Waals surface area contributed by atoms with Gasteiger partial charge >= 0.3 is 5.97 Å². The van der Waals surface area contributed by atoms with Crippen molar-refractivity contribution < 1.29 is 24.3 Å². The molecule has 0 aromatic heterocycles. The molecule has 1 aromatic rings. The Hall–Kier alpha value is -2.96. The lowest BCUT2D eigenvalue weighted by atomic mass is 10.1. The summed E-state index contributed by atoms with van der Waals surface area (Å²) in [6, 6.07) is 5.18. The zero-order valence-corrected chi connectivity index (χ0v) is 14.3. The smallest absolute Gasteiger partial charge is 0.323 e. The summed E-state index contributed by atoms with van der Waals surface area (Å²) in [6.07, 6.45) is 3.65. The molecule has 3 amide bonds. The zero-order chi connectivity index (χ0) is 18.8. The van der Waals surface area contributed by atoms with E-state index in [2.05, 4.69) is 6.58 Å². The minimum Gasteiger partial charge on any atom is -0.480 e. The molecular weight excluding hydrogens is 336 g/mol. The first kappa shape index (κ1) is 17.8. The molecule has 0 bridgehead atoms. The van der Waals surface area contributed by atoms with E-state index in [1.807, 2.05) is 0 Å². The summed E-state index contributed by atoms with van der Waals surface area (Å²) in [5, 5.41) is 9.19. The Kier molecular flexibility index (Phi) is 4.88. The first-order valence-corrected chi connectivity index (χ1v) is 8.55. The minimum absolute atomic E-state index is 0.280. The number of aliphatic carboxylic acids is 1. The fourth-order valence-corrected chi connectivity index (χ4v) is 3.72. The van der Waals surface area contributed by atoms with Gasteiger partial charge in [-0.2, -0.15) is 0 Å². The first-order chi connectivity index (χ1) is 12.5. The normalized spacial score (nSPS) is 23.0. The summed E-state index contributed by atoms with van der Waals surface area (Å²) < 4.78 is 0. The summed E-state index contributed by atoms with van der Waals surface area (Å²) in [5.74, 6) is -2.62. The number of amides is 3. The van der Waals surface area contributed by atoms with Crippen molar-refractivity contribution in [2.24, 2.45) is 0 Å². The maximum Gasteiger partial charge on any atom is 0.323 e. The minimum atomic E-state index is -1.13. The number of carbonyl (C=O) groups excluding carboxylic acids is 3. The SMILES string of the molecule is C=CC[C@H]1CCC[C@H](N2C(=O)c3ccccc3C2=O)C(=O)N1CC(=O)O. The molecule has 26 heavy (non-hydrogen) atoms. The van der Waals surface area contributed by atoms with Crippen LogP contribution in [0.5, 0.6) is 0 Å². The van der Waals surface area contributed by atoms with Crippen molar-refractivity contribution in [3.05, 3.63) is 48.0 Å². The van der Waals surface area contributed by atoms with Crippen LogP contribution in [0, 0.1) is 0 Å². The van der Waals surface area contributed by atoms with Crippen LogP contribution >= 0.6 is 0 Å². The molecule has 7 heteroatoms. The summed E-state index contributed by atoms with van der Waals surface area (Å²) in [6.45, 7) is 3.21. The highest BCUT2D eigenvalue weighted by molar-refractivity contribution is 6.22. The Balaban J connectivity index is 1.94. The van der Waals surface area contributed by atoms with Gasteiger partial charge in [0.05, 0.1) is 11.1 Å². The number of carboxylic acids is 1. The van der Waals surface area contributed by atoms with E-state index in [1.54, 1.807) is 30.3 Å². The van der Waals surface area contributed by atoms with Gasteiger partial charge in [-0.3, -0.25) is 24.1 Å². The van der Waals surface area contributed by atoms with Gasteiger partial charge in [-0.25, -0.2) is 0 Å². The molecule has 2 aliphatic heterocycles. The summed E-state index contributed by atoms with van der Waals surface area (Å²) >= 11 is 0. The second kappa shape index (κ2) is 7.11. The van der Waals surface area contributed by atoms with E-state index in [0.29, 0.717) is 25.7 Å². The number of hydrogen-bond donors (Lipinski definition) is 1. The van der Waals surface area contributed by atoms with Crippen LogP contribution in [0.2, 0.25) is 0 Å². The molecule has 0 radical (unpaired) electrons. The maximum atomic E-state index is 13.1. The van der Waals surface area contributed by atoms with Gasteiger partial charge in [0.25, 0.3) is 11.8 Å². The van der Waals surface area contributed by atoms with Crippen molar-refractivity contribution in [3.63, 3.8) is 0 Å². The summed E-state index contributed by atoms with van der Waals surface area (Å²) in [5.41, 5.74) is 0.559. The Morgan fingerprint density at radius 1 is 1.15 bits per heavy atom. The Bertz CT molecular complexity index is 753. The van der Waals surface area contributed by atoms with Crippen LogP contribution < -0.4 is 0 Å². The Morgan fingerprint density at radius 3 is 2.31 bits per heavy atom. The average molecular weight is 356 g/mol. The van der Waals surface area contributed by atoms with E-state index >= 15 is 0 Å².